The summed E-state index contributed by atoms with van der Waals surface area (Å²) in [4.78, 5) is 19.5. The van der Waals surface area contributed by atoms with Crippen molar-refractivity contribution >= 4 is 17.4 Å². The summed E-state index contributed by atoms with van der Waals surface area (Å²) in [5.74, 6) is 0.896. The van der Waals surface area contributed by atoms with Crippen LogP contribution in [0.4, 0.5) is 4.79 Å². The molecule has 1 heterocycles. The Morgan fingerprint density at radius 2 is 1.93 bits per heavy atom. The van der Waals surface area contributed by atoms with E-state index in [0.717, 1.165) is 34.3 Å². The van der Waals surface area contributed by atoms with E-state index < -0.39 is 11.7 Å². The summed E-state index contributed by atoms with van der Waals surface area (Å²) in [6.07, 6.45) is 5.15. The summed E-state index contributed by atoms with van der Waals surface area (Å²) >= 11 is 1.56. The zero-order valence-corrected chi connectivity index (χ0v) is 19.5. The number of benzene rings is 1. The van der Waals surface area contributed by atoms with Crippen molar-refractivity contribution in [3.8, 4) is 16.3 Å². The number of nitrogens with one attached hydrogen (secondary N) is 1. The zero-order chi connectivity index (χ0) is 21.8. The van der Waals surface area contributed by atoms with E-state index in [4.69, 9.17) is 9.47 Å². The molecule has 3 rings (SSSR count). The predicted molar refractivity (Wildman–Crippen MR) is 121 cm³/mol. The number of aromatic nitrogens is 1. The van der Waals surface area contributed by atoms with Crippen molar-refractivity contribution in [2.45, 2.75) is 52.2 Å². The Labute approximate surface area is 183 Å². The van der Waals surface area contributed by atoms with Gasteiger partial charge in [0.05, 0.1) is 13.2 Å². The zero-order valence-electron chi connectivity index (χ0n) is 18.7. The van der Waals surface area contributed by atoms with Gasteiger partial charge in [0.2, 0.25) is 0 Å². The maximum atomic E-state index is 11.8. The van der Waals surface area contributed by atoms with Crippen LogP contribution in [-0.4, -0.2) is 48.8 Å². The molecule has 0 spiro atoms. The molecule has 164 valence electrons. The van der Waals surface area contributed by atoms with Crippen molar-refractivity contribution in [1.82, 2.24) is 15.2 Å². The van der Waals surface area contributed by atoms with Crippen LogP contribution in [0.5, 0.6) is 5.75 Å². The number of hydrogen-bond acceptors (Lipinski definition) is 6. The maximum absolute atomic E-state index is 11.8. The molecule has 0 bridgehead atoms. The highest BCUT2D eigenvalue weighted by molar-refractivity contribution is 7.15. The smallest absolute Gasteiger partial charge is 0.407 e. The molecule has 0 atom stereocenters. The van der Waals surface area contributed by atoms with Crippen LogP contribution in [0.3, 0.4) is 0 Å². The molecule has 0 saturated heterocycles. The number of nitrogens with zero attached hydrogens (tertiary/aromatic N) is 2. The Balaban J connectivity index is 1.52. The number of rotatable bonds is 8. The normalized spacial score (nSPS) is 15.5. The quantitative estimate of drug-likeness (QED) is 0.641. The lowest BCUT2D eigenvalue weighted by Crippen LogP contribution is -2.44. The highest BCUT2D eigenvalue weighted by Crippen LogP contribution is 2.41. The van der Waals surface area contributed by atoms with Gasteiger partial charge in [0.25, 0.3) is 0 Å². The predicted octanol–water partition coefficient (Wildman–Crippen LogP) is 4.95. The molecule has 30 heavy (non-hydrogen) atoms. The Hall–Kier alpha value is -2.12. The molecular weight excluding hydrogens is 398 g/mol. The first kappa shape index (κ1) is 22.6. The van der Waals surface area contributed by atoms with Crippen molar-refractivity contribution in [2.75, 3.05) is 27.2 Å². The Morgan fingerprint density at radius 1 is 1.23 bits per heavy atom. The number of hydrogen-bond donors (Lipinski definition) is 1. The van der Waals surface area contributed by atoms with Crippen LogP contribution < -0.4 is 10.1 Å². The number of thiazole rings is 1. The lowest BCUT2D eigenvalue weighted by Gasteiger charge is -2.43. The van der Waals surface area contributed by atoms with Gasteiger partial charge in [0, 0.05) is 28.6 Å². The summed E-state index contributed by atoms with van der Waals surface area (Å²) in [5, 5.41) is 3.69. The average molecular weight is 432 g/mol. The van der Waals surface area contributed by atoms with Crippen molar-refractivity contribution in [1.29, 1.82) is 0 Å². The van der Waals surface area contributed by atoms with Crippen LogP contribution in [0.25, 0.3) is 10.6 Å². The fourth-order valence-corrected chi connectivity index (χ4v) is 4.48. The summed E-state index contributed by atoms with van der Waals surface area (Å²) < 4.78 is 11.4. The largest absolute Gasteiger partial charge is 0.493 e. The Bertz CT molecular complexity index is 836. The average Bonchev–Trinajstić information content (AvgIpc) is 3.10. The van der Waals surface area contributed by atoms with E-state index in [0.29, 0.717) is 12.0 Å². The van der Waals surface area contributed by atoms with E-state index in [2.05, 4.69) is 29.3 Å². The summed E-state index contributed by atoms with van der Waals surface area (Å²) in [7, 11) is 4.25. The number of alkyl carbamates (subject to hydrolysis) is 1. The van der Waals surface area contributed by atoms with Crippen LogP contribution in [0.2, 0.25) is 0 Å². The van der Waals surface area contributed by atoms with Gasteiger partial charge in [-0.25, -0.2) is 9.78 Å². The minimum atomic E-state index is -0.502. The van der Waals surface area contributed by atoms with Gasteiger partial charge >= 0.3 is 6.09 Å². The number of carbonyl (C=O) groups is 1. The standard InChI is InChI=1S/C23H33N3O3S/c1-22(2,3)29-21(27)25-14-19-13-24-20(30-19)17-7-9-18(10-8-17)28-16-23(11-6-12-23)15-26(4)5/h7-10,13H,6,11-12,14-16H2,1-5H3,(H,25,27). The van der Waals surface area contributed by atoms with Crippen LogP contribution in [-0.2, 0) is 11.3 Å². The molecule has 1 fully saturated rings. The highest BCUT2D eigenvalue weighted by Gasteiger charge is 2.38. The molecule has 6 nitrogen and oxygen atoms in total. The van der Waals surface area contributed by atoms with Crippen LogP contribution in [0.1, 0.15) is 44.9 Å². The first-order valence-electron chi connectivity index (χ1n) is 10.4. The first-order chi connectivity index (χ1) is 14.1. The van der Waals surface area contributed by atoms with Crippen molar-refractivity contribution in [3.63, 3.8) is 0 Å². The van der Waals surface area contributed by atoms with Crippen LogP contribution >= 0.6 is 11.3 Å². The van der Waals surface area contributed by atoms with Crippen molar-refractivity contribution in [3.05, 3.63) is 35.3 Å². The molecule has 0 radical (unpaired) electrons. The number of carbonyl (C=O) groups excluding carboxylic acids is 1. The minimum Gasteiger partial charge on any atom is -0.493 e. The van der Waals surface area contributed by atoms with Gasteiger partial charge in [-0.1, -0.05) is 6.42 Å². The molecule has 2 aromatic rings. The number of ether oxygens (including phenoxy) is 2. The van der Waals surface area contributed by atoms with E-state index in [1.54, 1.807) is 17.5 Å². The second-order valence-corrected chi connectivity index (χ2v) is 10.5. The van der Waals surface area contributed by atoms with Gasteiger partial charge in [-0.2, -0.15) is 0 Å². The molecular formula is C23H33N3O3S. The van der Waals surface area contributed by atoms with Gasteiger partial charge in [-0.05, 0) is 72.0 Å². The van der Waals surface area contributed by atoms with Crippen LogP contribution in [0.15, 0.2) is 30.5 Å². The van der Waals surface area contributed by atoms with Gasteiger partial charge in [-0.15, -0.1) is 11.3 Å². The van der Waals surface area contributed by atoms with E-state index in [1.807, 2.05) is 45.0 Å². The van der Waals surface area contributed by atoms with E-state index in [-0.39, 0.29) is 0 Å². The maximum Gasteiger partial charge on any atom is 0.407 e. The van der Waals surface area contributed by atoms with Gasteiger partial charge < -0.3 is 19.7 Å². The monoisotopic (exact) mass is 431 g/mol. The van der Waals surface area contributed by atoms with E-state index >= 15 is 0 Å². The summed E-state index contributed by atoms with van der Waals surface area (Å²) in [5.41, 5.74) is 0.841. The topological polar surface area (TPSA) is 63.7 Å². The van der Waals surface area contributed by atoms with Crippen molar-refractivity contribution < 1.29 is 14.3 Å². The second-order valence-electron chi connectivity index (χ2n) is 9.39. The summed E-state index contributed by atoms with van der Waals surface area (Å²) in [6, 6.07) is 8.10. The molecule has 0 unspecified atom stereocenters. The molecule has 1 amide bonds. The third-order valence-corrected chi connectivity index (χ3v) is 6.12. The lowest BCUT2D eigenvalue weighted by atomic mass is 9.69. The molecule has 1 aromatic heterocycles. The van der Waals surface area contributed by atoms with E-state index in [1.165, 1.54) is 19.3 Å². The molecule has 1 aliphatic carbocycles. The highest BCUT2D eigenvalue weighted by atomic mass is 32.1. The van der Waals surface area contributed by atoms with E-state index in [9.17, 15) is 4.79 Å². The second kappa shape index (κ2) is 9.35. The first-order valence-corrected chi connectivity index (χ1v) is 11.3. The lowest BCUT2D eigenvalue weighted by molar-refractivity contribution is 0.0315. The Kier molecular flexibility index (Phi) is 7.03. The summed E-state index contributed by atoms with van der Waals surface area (Å²) in [6.45, 7) is 7.78. The Morgan fingerprint density at radius 3 is 2.50 bits per heavy atom. The minimum absolute atomic E-state index is 0.299. The number of amides is 1. The molecule has 1 aromatic carbocycles. The van der Waals surface area contributed by atoms with Gasteiger partial charge in [0.1, 0.15) is 16.4 Å². The molecule has 1 N–H and O–H groups in total. The van der Waals surface area contributed by atoms with Crippen molar-refractivity contribution in [2.24, 2.45) is 5.41 Å². The van der Waals surface area contributed by atoms with Crippen LogP contribution in [0, 0.1) is 5.41 Å². The fourth-order valence-electron chi connectivity index (χ4n) is 3.62. The van der Waals surface area contributed by atoms with Gasteiger partial charge in [0.15, 0.2) is 0 Å². The molecule has 7 heteroatoms. The molecule has 1 aliphatic rings. The third-order valence-electron chi connectivity index (χ3n) is 5.07. The molecule has 1 saturated carbocycles. The molecule has 0 aliphatic heterocycles. The fraction of sp³-hybridized carbons (Fsp3) is 0.565. The van der Waals surface area contributed by atoms with Gasteiger partial charge in [-0.3, -0.25) is 0 Å². The SMILES string of the molecule is CN(C)CC1(COc2ccc(-c3ncc(CNC(=O)OC(C)(C)C)s3)cc2)CCC1. The third kappa shape index (κ3) is 6.44.